The molecule has 3 rings (SSSR count). The molecule has 0 aromatic carbocycles. The fraction of sp³-hybridized carbons (Fsp3) is 0.840. The molecule has 0 aliphatic carbocycles. The third kappa shape index (κ3) is 21.7. The van der Waals surface area contributed by atoms with Crippen molar-refractivity contribution in [1.29, 1.82) is 0 Å². The Balaban J connectivity index is 1.62. The summed E-state index contributed by atoms with van der Waals surface area (Å²) < 4.78 is 8.72. The van der Waals surface area contributed by atoms with E-state index in [9.17, 15) is 4.79 Å². The standard InChI is InChI=1S/C50H92N4O3Si/c1-7-42-56-53-41-37-48(54-47(35-39-51-54)38-43-57-58(5,6)50(2,3)4)45-52-40-36-46(44-52)33-31-29-27-25-23-21-19-17-15-13-11-9-8-10-12-14-16-18-20-22-24-26-28-30-32-34-49(53)55/h7,35,37,39,46H,1,8-34,36,38,40-45H2,2-6H3. The molecule has 0 spiro atoms. The van der Waals surface area contributed by atoms with E-state index in [4.69, 9.17) is 14.4 Å². The summed E-state index contributed by atoms with van der Waals surface area (Å²) in [6.07, 6.45) is 44.0. The highest BCUT2D eigenvalue weighted by atomic mass is 28.4. The van der Waals surface area contributed by atoms with Gasteiger partial charge in [-0.1, -0.05) is 181 Å². The van der Waals surface area contributed by atoms with Gasteiger partial charge in [-0.25, -0.2) is 9.75 Å². The molecule has 7 nitrogen and oxygen atoms in total. The lowest BCUT2D eigenvalue weighted by molar-refractivity contribution is -0.179. The van der Waals surface area contributed by atoms with E-state index in [-0.39, 0.29) is 10.9 Å². The molecule has 0 N–H and O–H groups in total. The van der Waals surface area contributed by atoms with Crippen molar-refractivity contribution in [3.63, 3.8) is 0 Å². The van der Waals surface area contributed by atoms with Crippen LogP contribution in [0.1, 0.15) is 206 Å². The number of fused-ring (bicyclic) bond motifs is 2. The van der Waals surface area contributed by atoms with Crippen LogP contribution >= 0.6 is 0 Å². The molecule has 334 valence electrons. The molecule has 2 atom stereocenters. The fourth-order valence-electron chi connectivity index (χ4n) is 8.60. The van der Waals surface area contributed by atoms with Crippen molar-refractivity contribution in [3.8, 4) is 0 Å². The third-order valence-electron chi connectivity index (χ3n) is 13.5. The minimum atomic E-state index is -1.85. The molecule has 2 unspecified atom stereocenters. The van der Waals surface area contributed by atoms with Gasteiger partial charge in [0.05, 0.1) is 18.8 Å². The second-order valence-electron chi connectivity index (χ2n) is 19.6. The number of hydroxylamine groups is 2. The molecule has 2 aliphatic heterocycles. The summed E-state index contributed by atoms with van der Waals surface area (Å²) in [6.45, 7) is 19.9. The lowest BCUT2D eigenvalue weighted by Crippen LogP contribution is -2.41. The summed E-state index contributed by atoms with van der Waals surface area (Å²) in [5, 5.41) is 6.62. The Bertz CT molecular complexity index is 1240. The van der Waals surface area contributed by atoms with Crippen molar-refractivity contribution in [2.75, 3.05) is 39.4 Å². The monoisotopic (exact) mass is 825 g/mol. The van der Waals surface area contributed by atoms with Gasteiger partial charge < -0.3 is 4.43 Å². The van der Waals surface area contributed by atoms with E-state index in [1.807, 2.05) is 6.20 Å². The Hall–Kier alpha value is -1.74. The van der Waals surface area contributed by atoms with E-state index in [1.165, 1.54) is 161 Å². The maximum atomic E-state index is 13.6. The molecule has 58 heavy (non-hydrogen) atoms. The molecule has 3 heterocycles. The Morgan fingerprint density at radius 1 is 0.759 bits per heavy atom. The minimum Gasteiger partial charge on any atom is -0.416 e. The van der Waals surface area contributed by atoms with E-state index >= 15 is 0 Å². The van der Waals surface area contributed by atoms with Gasteiger partial charge >= 0.3 is 0 Å². The summed E-state index contributed by atoms with van der Waals surface area (Å²) >= 11 is 0. The first kappa shape index (κ1) is 50.6. The van der Waals surface area contributed by atoms with Gasteiger partial charge in [0, 0.05) is 44.4 Å². The van der Waals surface area contributed by atoms with Crippen LogP contribution in [0, 0.1) is 5.92 Å². The van der Waals surface area contributed by atoms with Crippen LogP contribution < -0.4 is 0 Å². The summed E-state index contributed by atoms with van der Waals surface area (Å²) in [4.78, 5) is 22.2. The number of rotatable bonds is 8. The highest BCUT2D eigenvalue weighted by Crippen LogP contribution is 2.36. The van der Waals surface area contributed by atoms with Crippen LogP contribution in [-0.2, 0) is 20.5 Å². The number of hydrogen-bond donors (Lipinski definition) is 0. The number of aromatic nitrogens is 2. The summed E-state index contributed by atoms with van der Waals surface area (Å²) in [7, 11) is -1.85. The third-order valence-corrected chi connectivity index (χ3v) is 18.0. The van der Waals surface area contributed by atoms with Gasteiger partial charge in [0.15, 0.2) is 8.32 Å². The van der Waals surface area contributed by atoms with Crippen molar-refractivity contribution in [2.24, 2.45) is 5.92 Å². The molecule has 8 heteroatoms. The molecule has 1 fully saturated rings. The molecule has 1 aromatic rings. The van der Waals surface area contributed by atoms with Crippen molar-refractivity contribution >= 4 is 19.9 Å². The first-order valence-electron chi connectivity index (χ1n) is 24.7. The molecule has 1 amide bonds. The molecular formula is C50H92N4O3Si. The van der Waals surface area contributed by atoms with Crippen LogP contribution in [0.3, 0.4) is 0 Å². The predicted molar refractivity (Wildman–Crippen MR) is 250 cm³/mol. The van der Waals surface area contributed by atoms with Gasteiger partial charge in [0.25, 0.3) is 0 Å². The highest BCUT2D eigenvalue weighted by Gasteiger charge is 2.37. The number of carbonyl (C=O) groups excluding carboxylic acids is 1. The van der Waals surface area contributed by atoms with Crippen LogP contribution in [0.2, 0.25) is 18.1 Å². The van der Waals surface area contributed by atoms with Crippen molar-refractivity contribution < 1.29 is 14.1 Å². The van der Waals surface area contributed by atoms with Crippen LogP contribution in [0.4, 0.5) is 0 Å². The van der Waals surface area contributed by atoms with Crippen LogP contribution in [0.5, 0.6) is 0 Å². The van der Waals surface area contributed by atoms with Crippen molar-refractivity contribution in [3.05, 3.63) is 36.7 Å². The van der Waals surface area contributed by atoms with E-state index in [0.29, 0.717) is 26.2 Å². The normalized spacial score (nSPS) is 23.3. The van der Waals surface area contributed by atoms with Crippen LogP contribution in [-0.4, -0.2) is 73.4 Å². The zero-order chi connectivity index (χ0) is 41.7. The Kier molecular flexibility index (Phi) is 26.4. The summed E-state index contributed by atoms with van der Waals surface area (Å²) in [5.41, 5.74) is 2.28. The maximum absolute atomic E-state index is 13.6. The molecule has 2 aliphatic rings. The zero-order valence-electron chi connectivity index (χ0n) is 38.9. The molecule has 1 saturated heterocycles. The number of amides is 1. The average molecular weight is 825 g/mol. The molecule has 0 radical (unpaired) electrons. The second-order valence-corrected chi connectivity index (χ2v) is 24.4. The van der Waals surface area contributed by atoms with E-state index < -0.39 is 8.32 Å². The Labute approximate surface area is 359 Å². The number of nitrogens with zero attached hydrogens (tertiary/aromatic N) is 4. The van der Waals surface area contributed by atoms with Gasteiger partial charge in [-0.05, 0) is 62.0 Å². The highest BCUT2D eigenvalue weighted by molar-refractivity contribution is 6.74. The average Bonchev–Trinajstić information content (AvgIpc) is 3.85. The van der Waals surface area contributed by atoms with E-state index in [0.717, 1.165) is 56.2 Å². The largest absolute Gasteiger partial charge is 0.416 e. The maximum Gasteiger partial charge on any atom is 0.246 e. The lowest BCUT2D eigenvalue weighted by Gasteiger charge is -2.36. The summed E-state index contributed by atoms with van der Waals surface area (Å²) in [5.74, 6) is 0.826. The van der Waals surface area contributed by atoms with Crippen molar-refractivity contribution in [1.82, 2.24) is 19.7 Å². The van der Waals surface area contributed by atoms with Gasteiger partial charge in [-0.3, -0.25) is 14.5 Å². The van der Waals surface area contributed by atoms with Gasteiger partial charge in [-0.2, -0.15) is 5.10 Å². The minimum absolute atomic E-state index is 0.0605. The molecular weight excluding hydrogens is 733 g/mol. The van der Waals surface area contributed by atoms with Gasteiger partial charge in [0.2, 0.25) is 5.91 Å². The van der Waals surface area contributed by atoms with Crippen molar-refractivity contribution in [2.45, 2.75) is 225 Å². The fourth-order valence-corrected chi connectivity index (χ4v) is 9.65. The topological polar surface area (TPSA) is 59.8 Å². The predicted octanol–water partition coefficient (Wildman–Crippen LogP) is 14.1. The first-order valence-corrected chi connectivity index (χ1v) is 27.6. The van der Waals surface area contributed by atoms with Crippen LogP contribution in [0.15, 0.2) is 31.0 Å². The smallest absolute Gasteiger partial charge is 0.246 e. The lowest BCUT2D eigenvalue weighted by atomic mass is 9.99. The Morgan fingerprint density at radius 2 is 1.26 bits per heavy atom. The SMILES string of the molecule is C=CCON1CC=C(n2nccc2CCO[Si](C)(C)C(C)(C)C)CN2CCC(CCCCCCCCCCCCCCCCCCCCCCCCCCCC1=O)C2. The van der Waals surface area contributed by atoms with E-state index in [2.05, 4.69) is 62.2 Å². The Morgan fingerprint density at radius 3 is 1.76 bits per heavy atom. The number of carbonyl (C=O) groups is 1. The quantitative estimate of drug-likeness (QED) is 0.193. The first-order chi connectivity index (χ1) is 28.1. The summed E-state index contributed by atoms with van der Waals surface area (Å²) in [6, 6.07) is 2.13. The van der Waals surface area contributed by atoms with Crippen LogP contribution in [0.25, 0.3) is 5.70 Å². The zero-order valence-corrected chi connectivity index (χ0v) is 39.9. The van der Waals surface area contributed by atoms with E-state index in [1.54, 1.807) is 11.1 Å². The molecule has 0 saturated carbocycles. The molecule has 2 bridgehead atoms. The second kappa shape index (κ2) is 30.3. The van der Waals surface area contributed by atoms with Gasteiger partial charge in [0.1, 0.15) is 0 Å². The molecule has 1 aromatic heterocycles. The van der Waals surface area contributed by atoms with Gasteiger partial charge in [-0.15, -0.1) is 6.58 Å². The number of hydrogen-bond acceptors (Lipinski definition) is 5.